The molecule has 0 bridgehead atoms. The number of aryl methyl sites for hydroxylation is 3. The van der Waals surface area contributed by atoms with E-state index in [1.54, 1.807) is 0 Å². The molecule has 0 atom stereocenters. The van der Waals surface area contributed by atoms with Crippen LogP contribution >= 0.6 is 15.9 Å². The van der Waals surface area contributed by atoms with Crippen LogP contribution in [0.15, 0.2) is 12.1 Å². The minimum atomic E-state index is -0.0838. The van der Waals surface area contributed by atoms with Gasteiger partial charge in [-0.3, -0.25) is 9.59 Å². The van der Waals surface area contributed by atoms with Gasteiger partial charge in [-0.2, -0.15) is 0 Å². The van der Waals surface area contributed by atoms with Crippen LogP contribution in [0.25, 0.3) is 0 Å². The molecule has 3 heteroatoms. The second kappa shape index (κ2) is 5.39. The molecular formula is C13H15BrO2. The molecule has 0 N–H and O–H groups in total. The Morgan fingerprint density at radius 2 is 1.62 bits per heavy atom. The molecule has 0 amide bonds. The predicted octanol–water partition coefficient (Wildman–Crippen LogP) is 3.15. The third-order valence-electron chi connectivity index (χ3n) is 2.46. The Labute approximate surface area is 104 Å². The Kier molecular flexibility index (Phi) is 4.42. The lowest BCUT2D eigenvalue weighted by Crippen LogP contribution is -2.12. The summed E-state index contributed by atoms with van der Waals surface area (Å²) in [5.74, 6) is -0.163. The molecule has 0 aliphatic rings. The summed E-state index contributed by atoms with van der Waals surface area (Å²) in [4.78, 5) is 23.1. The third kappa shape index (κ3) is 3.01. The normalized spacial score (nSPS) is 10.2. The number of halogens is 1. The maximum Gasteiger partial charge on any atom is 0.170 e. The van der Waals surface area contributed by atoms with E-state index in [-0.39, 0.29) is 23.3 Å². The Morgan fingerprint density at radius 1 is 1.12 bits per heavy atom. The number of ketones is 2. The first-order chi connectivity index (χ1) is 7.45. The number of hydrogen-bond donors (Lipinski definition) is 0. The van der Waals surface area contributed by atoms with E-state index in [0.29, 0.717) is 5.56 Å². The number of carbonyl (C=O) groups is 2. The summed E-state index contributed by atoms with van der Waals surface area (Å²) in [5, 5.41) is 0.239. The third-order valence-corrected chi connectivity index (χ3v) is 3.09. The van der Waals surface area contributed by atoms with Crippen molar-refractivity contribution in [1.29, 1.82) is 0 Å². The molecule has 0 aliphatic carbocycles. The van der Waals surface area contributed by atoms with Crippen molar-refractivity contribution in [2.45, 2.75) is 27.2 Å². The van der Waals surface area contributed by atoms with Gasteiger partial charge in [0.15, 0.2) is 11.6 Å². The summed E-state index contributed by atoms with van der Waals surface area (Å²) in [6, 6.07) is 3.94. The molecule has 1 aromatic rings. The van der Waals surface area contributed by atoms with Gasteiger partial charge in [0.05, 0.1) is 11.8 Å². The van der Waals surface area contributed by atoms with E-state index in [0.717, 1.165) is 16.7 Å². The van der Waals surface area contributed by atoms with Gasteiger partial charge in [0.1, 0.15) is 0 Å². The van der Waals surface area contributed by atoms with Gasteiger partial charge >= 0.3 is 0 Å². The molecule has 0 heterocycles. The fraction of sp³-hybridized carbons (Fsp3) is 0.385. The van der Waals surface area contributed by atoms with Crippen molar-refractivity contribution in [3.8, 4) is 0 Å². The summed E-state index contributed by atoms with van der Waals surface area (Å²) in [6.07, 6.45) is -0.0179. The van der Waals surface area contributed by atoms with Crippen molar-refractivity contribution in [2.75, 3.05) is 5.33 Å². The van der Waals surface area contributed by atoms with Gasteiger partial charge in [0, 0.05) is 5.56 Å². The lowest BCUT2D eigenvalue weighted by atomic mass is 9.94. The molecule has 0 aliphatic heterocycles. The predicted molar refractivity (Wildman–Crippen MR) is 68.4 cm³/mol. The topological polar surface area (TPSA) is 34.1 Å². The maximum absolute atomic E-state index is 11.9. The molecule has 0 fully saturated rings. The van der Waals surface area contributed by atoms with Crippen LogP contribution in [0.4, 0.5) is 0 Å². The standard InChI is InChI=1S/C13H15BrO2/c1-8-4-9(2)13(10(3)5-8)12(16)6-11(15)7-14/h4-5H,6-7H2,1-3H3. The zero-order valence-electron chi connectivity index (χ0n) is 9.76. The molecule has 0 spiro atoms. The van der Waals surface area contributed by atoms with E-state index in [9.17, 15) is 9.59 Å². The summed E-state index contributed by atoms with van der Waals surface area (Å²) in [5.41, 5.74) is 3.73. The van der Waals surface area contributed by atoms with Crippen LogP contribution < -0.4 is 0 Å². The fourth-order valence-corrected chi connectivity index (χ4v) is 2.13. The molecule has 0 aromatic heterocycles. The van der Waals surface area contributed by atoms with Crippen molar-refractivity contribution in [1.82, 2.24) is 0 Å². The number of benzene rings is 1. The van der Waals surface area contributed by atoms with Gasteiger partial charge < -0.3 is 0 Å². The second-order valence-corrected chi connectivity index (χ2v) is 4.61. The zero-order valence-corrected chi connectivity index (χ0v) is 11.3. The van der Waals surface area contributed by atoms with Crippen LogP contribution in [-0.4, -0.2) is 16.9 Å². The summed E-state index contributed by atoms with van der Waals surface area (Å²) in [6.45, 7) is 5.82. The SMILES string of the molecule is Cc1cc(C)c(C(=O)CC(=O)CBr)c(C)c1. The molecule has 16 heavy (non-hydrogen) atoms. The smallest absolute Gasteiger partial charge is 0.170 e. The van der Waals surface area contributed by atoms with Gasteiger partial charge in [-0.05, 0) is 31.9 Å². The van der Waals surface area contributed by atoms with Gasteiger partial charge in [0.2, 0.25) is 0 Å². The van der Waals surface area contributed by atoms with E-state index in [1.165, 1.54) is 0 Å². The number of hydrogen-bond acceptors (Lipinski definition) is 2. The fourth-order valence-electron chi connectivity index (χ4n) is 1.93. The van der Waals surface area contributed by atoms with Gasteiger partial charge in [-0.25, -0.2) is 0 Å². The van der Waals surface area contributed by atoms with Crippen molar-refractivity contribution >= 4 is 27.5 Å². The lowest BCUT2D eigenvalue weighted by molar-refractivity contribution is -0.115. The van der Waals surface area contributed by atoms with Crippen LogP contribution in [0.2, 0.25) is 0 Å². The Hall–Kier alpha value is -0.960. The van der Waals surface area contributed by atoms with Gasteiger partial charge in [-0.1, -0.05) is 33.6 Å². The van der Waals surface area contributed by atoms with Crippen molar-refractivity contribution < 1.29 is 9.59 Å². The highest BCUT2D eigenvalue weighted by molar-refractivity contribution is 9.09. The molecule has 1 aromatic carbocycles. The molecule has 86 valence electrons. The largest absolute Gasteiger partial charge is 0.298 e. The summed E-state index contributed by atoms with van der Waals surface area (Å²) >= 11 is 3.06. The van der Waals surface area contributed by atoms with E-state index >= 15 is 0 Å². The van der Waals surface area contributed by atoms with E-state index in [1.807, 2.05) is 32.9 Å². The van der Waals surface area contributed by atoms with Crippen LogP contribution in [0.1, 0.15) is 33.5 Å². The second-order valence-electron chi connectivity index (χ2n) is 4.05. The lowest BCUT2D eigenvalue weighted by Gasteiger charge is -2.09. The van der Waals surface area contributed by atoms with Gasteiger partial charge in [0.25, 0.3) is 0 Å². The quantitative estimate of drug-likeness (QED) is 0.483. The average Bonchev–Trinajstić information content (AvgIpc) is 2.15. The van der Waals surface area contributed by atoms with E-state index < -0.39 is 0 Å². The molecular weight excluding hydrogens is 268 g/mol. The highest BCUT2D eigenvalue weighted by Gasteiger charge is 2.15. The number of rotatable bonds is 4. The van der Waals surface area contributed by atoms with Crippen molar-refractivity contribution in [3.05, 3.63) is 34.4 Å². The first-order valence-electron chi connectivity index (χ1n) is 5.14. The Morgan fingerprint density at radius 3 is 2.06 bits per heavy atom. The van der Waals surface area contributed by atoms with E-state index in [2.05, 4.69) is 15.9 Å². The van der Waals surface area contributed by atoms with Crippen molar-refractivity contribution in [2.24, 2.45) is 0 Å². The first-order valence-corrected chi connectivity index (χ1v) is 6.26. The Balaban J connectivity index is 3.04. The molecule has 0 saturated carbocycles. The summed E-state index contributed by atoms with van der Waals surface area (Å²) < 4.78 is 0. The molecule has 0 unspecified atom stereocenters. The number of alkyl halides is 1. The molecule has 0 radical (unpaired) electrons. The Bertz CT molecular complexity index is 413. The van der Waals surface area contributed by atoms with Crippen LogP contribution in [-0.2, 0) is 4.79 Å². The van der Waals surface area contributed by atoms with Crippen LogP contribution in [0.5, 0.6) is 0 Å². The van der Waals surface area contributed by atoms with Crippen molar-refractivity contribution in [3.63, 3.8) is 0 Å². The van der Waals surface area contributed by atoms with E-state index in [4.69, 9.17) is 0 Å². The monoisotopic (exact) mass is 282 g/mol. The molecule has 2 nitrogen and oxygen atoms in total. The van der Waals surface area contributed by atoms with Crippen LogP contribution in [0, 0.1) is 20.8 Å². The van der Waals surface area contributed by atoms with Gasteiger partial charge in [-0.15, -0.1) is 0 Å². The maximum atomic E-state index is 11.9. The number of carbonyl (C=O) groups excluding carboxylic acids is 2. The average molecular weight is 283 g/mol. The molecule has 0 saturated heterocycles. The minimum Gasteiger partial charge on any atom is -0.298 e. The first kappa shape index (κ1) is 13.1. The minimum absolute atomic E-state index is 0.0179. The highest BCUT2D eigenvalue weighted by Crippen LogP contribution is 2.18. The zero-order chi connectivity index (χ0) is 12.3. The highest BCUT2D eigenvalue weighted by atomic mass is 79.9. The summed E-state index contributed by atoms with van der Waals surface area (Å²) in [7, 11) is 0. The molecule has 1 rings (SSSR count). The number of Topliss-reactive ketones (excluding diaryl/α,β-unsaturated/α-hetero) is 2. The van der Waals surface area contributed by atoms with Crippen LogP contribution in [0.3, 0.4) is 0 Å².